The number of carboxylic acid groups (broad SMARTS) is 1. The average molecular weight is 247 g/mol. The zero-order valence-corrected chi connectivity index (χ0v) is 9.97. The van der Waals surface area contributed by atoms with E-state index < -0.39 is 5.97 Å². The zero-order chi connectivity index (χ0) is 12.7. The third kappa shape index (κ3) is 1.68. The van der Waals surface area contributed by atoms with Crippen LogP contribution in [0.25, 0.3) is 10.9 Å². The second kappa shape index (κ2) is 3.94. The first-order valence-corrected chi connectivity index (χ1v) is 5.76. The van der Waals surface area contributed by atoms with Crippen molar-refractivity contribution in [3.05, 3.63) is 23.9 Å². The van der Waals surface area contributed by atoms with Gasteiger partial charge < -0.3 is 19.1 Å². The summed E-state index contributed by atoms with van der Waals surface area (Å²) in [4.78, 5) is 10.7. The number of hydrogen-bond acceptors (Lipinski definition) is 3. The van der Waals surface area contributed by atoms with Crippen molar-refractivity contribution in [2.45, 2.75) is 19.9 Å². The van der Waals surface area contributed by atoms with Gasteiger partial charge in [-0.05, 0) is 19.1 Å². The molecule has 2 heterocycles. The molecule has 5 heteroatoms. The molecule has 0 atom stereocenters. The van der Waals surface area contributed by atoms with Gasteiger partial charge in [-0.15, -0.1) is 0 Å². The Morgan fingerprint density at radius 1 is 1.33 bits per heavy atom. The molecule has 0 aliphatic carbocycles. The number of aliphatic carboxylic acids is 1. The van der Waals surface area contributed by atoms with Crippen LogP contribution in [0.1, 0.15) is 12.1 Å². The van der Waals surface area contributed by atoms with Gasteiger partial charge in [0.2, 0.25) is 6.79 Å². The monoisotopic (exact) mass is 247 g/mol. The molecule has 0 radical (unpaired) electrons. The number of nitrogens with zero attached hydrogens (tertiary/aromatic N) is 1. The normalized spacial score (nSPS) is 13.2. The van der Waals surface area contributed by atoms with Gasteiger partial charge in [-0.1, -0.05) is 0 Å². The molecule has 0 saturated carbocycles. The van der Waals surface area contributed by atoms with Crippen molar-refractivity contribution < 1.29 is 19.4 Å². The minimum absolute atomic E-state index is 0.110. The molecule has 0 spiro atoms. The second-order valence-corrected chi connectivity index (χ2v) is 4.35. The van der Waals surface area contributed by atoms with Crippen molar-refractivity contribution in [3.8, 4) is 11.5 Å². The molecule has 18 heavy (non-hydrogen) atoms. The molecule has 1 N–H and O–H groups in total. The molecule has 0 fully saturated rings. The van der Waals surface area contributed by atoms with Gasteiger partial charge >= 0.3 is 5.97 Å². The Kier molecular flexibility index (Phi) is 2.40. The summed E-state index contributed by atoms with van der Waals surface area (Å²) in [5.74, 6) is 0.673. The number of ether oxygens (including phenoxy) is 2. The number of aryl methyl sites for hydroxylation is 2. The van der Waals surface area contributed by atoms with Crippen LogP contribution in [-0.4, -0.2) is 22.4 Å². The van der Waals surface area contributed by atoms with Gasteiger partial charge in [-0.3, -0.25) is 4.79 Å². The highest BCUT2D eigenvalue weighted by molar-refractivity contribution is 5.85. The predicted octanol–water partition coefficient (Wildman–Crippen LogP) is 2.15. The van der Waals surface area contributed by atoms with E-state index in [-0.39, 0.29) is 13.2 Å². The van der Waals surface area contributed by atoms with E-state index >= 15 is 0 Å². The third-order valence-electron chi connectivity index (χ3n) is 3.15. The summed E-state index contributed by atoms with van der Waals surface area (Å²) in [5, 5.41) is 9.82. The van der Waals surface area contributed by atoms with E-state index in [0.717, 1.165) is 28.1 Å². The van der Waals surface area contributed by atoms with E-state index in [1.807, 2.05) is 29.7 Å². The van der Waals surface area contributed by atoms with Crippen molar-refractivity contribution in [1.29, 1.82) is 0 Å². The predicted molar refractivity (Wildman–Crippen MR) is 65.1 cm³/mol. The van der Waals surface area contributed by atoms with Gasteiger partial charge in [0, 0.05) is 23.7 Å². The number of carbonyl (C=O) groups is 1. The van der Waals surface area contributed by atoms with Gasteiger partial charge in [0.25, 0.3) is 0 Å². The molecule has 0 unspecified atom stereocenters. The van der Waals surface area contributed by atoms with Gasteiger partial charge in [-0.2, -0.15) is 0 Å². The van der Waals surface area contributed by atoms with E-state index in [1.165, 1.54) is 0 Å². The average Bonchev–Trinajstić information content (AvgIpc) is 2.86. The maximum Gasteiger partial charge on any atom is 0.305 e. The maximum atomic E-state index is 10.7. The SMILES string of the molecule is Cc1cc2cc3c(cc2n1CCC(=O)O)OCO3. The quantitative estimate of drug-likeness (QED) is 0.902. The van der Waals surface area contributed by atoms with Crippen LogP contribution in [0, 0.1) is 6.92 Å². The van der Waals surface area contributed by atoms with Gasteiger partial charge in [0.1, 0.15) is 0 Å². The summed E-state index contributed by atoms with van der Waals surface area (Å²) in [7, 11) is 0. The lowest BCUT2D eigenvalue weighted by atomic mass is 10.2. The second-order valence-electron chi connectivity index (χ2n) is 4.35. The fraction of sp³-hybridized carbons (Fsp3) is 0.308. The first kappa shape index (κ1) is 11.0. The Balaban J connectivity index is 2.07. The fourth-order valence-corrected chi connectivity index (χ4v) is 2.29. The highest BCUT2D eigenvalue weighted by Crippen LogP contribution is 2.37. The Morgan fingerprint density at radius 2 is 2.06 bits per heavy atom. The molecular formula is C13H13NO4. The number of fused-ring (bicyclic) bond motifs is 2. The lowest BCUT2D eigenvalue weighted by Gasteiger charge is -2.06. The molecule has 2 aromatic rings. The zero-order valence-electron chi connectivity index (χ0n) is 9.97. The maximum absolute atomic E-state index is 10.7. The topological polar surface area (TPSA) is 60.7 Å². The molecule has 0 amide bonds. The van der Waals surface area contributed by atoms with Crippen molar-refractivity contribution in [2.24, 2.45) is 0 Å². The molecule has 0 saturated heterocycles. The number of benzene rings is 1. The van der Waals surface area contributed by atoms with E-state index in [4.69, 9.17) is 14.6 Å². The number of rotatable bonds is 3. The first-order chi connectivity index (χ1) is 8.65. The summed E-state index contributed by atoms with van der Waals surface area (Å²) in [6, 6.07) is 5.87. The van der Waals surface area contributed by atoms with Crippen LogP contribution in [0.3, 0.4) is 0 Å². The van der Waals surface area contributed by atoms with Crippen LogP contribution in [0.4, 0.5) is 0 Å². The standard InChI is InChI=1S/C13H13NO4/c1-8-4-9-5-11-12(18-7-17-11)6-10(9)14(8)3-2-13(15)16/h4-6H,2-3,7H2,1H3,(H,15,16). The van der Waals surface area contributed by atoms with Crippen molar-refractivity contribution in [2.75, 3.05) is 6.79 Å². The van der Waals surface area contributed by atoms with Crippen molar-refractivity contribution >= 4 is 16.9 Å². The number of aromatic nitrogens is 1. The molecule has 5 nitrogen and oxygen atoms in total. The van der Waals surface area contributed by atoms with E-state index in [9.17, 15) is 4.79 Å². The van der Waals surface area contributed by atoms with Crippen LogP contribution in [0.15, 0.2) is 18.2 Å². The smallest absolute Gasteiger partial charge is 0.305 e. The molecule has 3 rings (SSSR count). The van der Waals surface area contributed by atoms with Crippen LogP contribution < -0.4 is 9.47 Å². The summed E-state index contributed by atoms with van der Waals surface area (Å²) in [6.07, 6.45) is 0.110. The Hall–Kier alpha value is -2.17. The molecule has 1 aliphatic heterocycles. The fourth-order valence-electron chi connectivity index (χ4n) is 2.29. The lowest BCUT2D eigenvalue weighted by molar-refractivity contribution is -0.137. The third-order valence-corrected chi connectivity index (χ3v) is 3.15. The van der Waals surface area contributed by atoms with E-state index in [1.54, 1.807) is 0 Å². The van der Waals surface area contributed by atoms with Crippen LogP contribution in [0.2, 0.25) is 0 Å². The minimum atomic E-state index is -0.794. The lowest BCUT2D eigenvalue weighted by Crippen LogP contribution is -2.05. The summed E-state index contributed by atoms with van der Waals surface area (Å²) in [6.45, 7) is 2.68. The summed E-state index contributed by atoms with van der Waals surface area (Å²) in [5.41, 5.74) is 2.02. The van der Waals surface area contributed by atoms with Crippen LogP contribution >= 0.6 is 0 Å². The van der Waals surface area contributed by atoms with Gasteiger partial charge in [0.05, 0.1) is 11.9 Å². The molecule has 1 aliphatic rings. The number of carboxylic acids is 1. The first-order valence-electron chi connectivity index (χ1n) is 5.76. The summed E-state index contributed by atoms with van der Waals surface area (Å²) >= 11 is 0. The van der Waals surface area contributed by atoms with E-state index in [2.05, 4.69) is 0 Å². The molecule has 1 aromatic heterocycles. The van der Waals surface area contributed by atoms with E-state index in [0.29, 0.717) is 6.54 Å². The van der Waals surface area contributed by atoms with Crippen LogP contribution in [-0.2, 0) is 11.3 Å². The van der Waals surface area contributed by atoms with Crippen molar-refractivity contribution in [3.63, 3.8) is 0 Å². The summed E-state index contributed by atoms with van der Waals surface area (Å²) < 4.78 is 12.7. The van der Waals surface area contributed by atoms with Gasteiger partial charge in [0.15, 0.2) is 11.5 Å². The molecular weight excluding hydrogens is 234 g/mol. The highest BCUT2D eigenvalue weighted by atomic mass is 16.7. The van der Waals surface area contributed by atoms with Crippen molar-refractivity contribution in [1.82, 2.24) is 4.57 Å². The number of hydrogen-bond donors (Lipinski definition) is 1. The van der Waals surface area contributed by atoms with Gasteiger partial charge in [-0.25, -0.2) is 0 Å². The highest BCUT2D eigenvalue weighted by Gasteiger charge is 2.17. The minimum Gasteiger partial charge on any atom is -0.481 e. The molecule has 94 valence electrons. The molecule has 1 aromatic carbocycles. The largest absolute Gasteiger partial charge is 0.481 e. The Labute approximate surface area is 104 Å². The van der Waals surface area contributed by atoms with Crippen LogP contribution in [0.5, 0.6) is 11.5 Å². The Morgan fingerprint density at radius 3 is 2.78 bits per heavy atom. The molecule has 0 bridgehead atoms. The Bertz CT molecular complexity index is 629.